The van der Waals surface area contributed by atoms with E-state index < -0.39 is 5.67 Å². The van der Waals surface area contributed by atoms with Crippen molar-refractivity contribution in [1.82, 2.24) is 0 Å². The van der Waals surface area contributed by atoms with Crippen LogP contribution < -0.4 is 0 Å². The Balaban J connectivity index is 2.42. The second kappa shape index (κ2) is 7.56. The molecular formula is C16H25FO. The normalized spacial score (nSPS) is 24.0. The molecule has 0 aromatic rings. The van der Waals surface area contributed by atoms with E-state index in [1.807, 2.05) is 0 Å². The molecule has 1 aliphatic rings. The van der Waals surface area contributed by atoms with Gasteiger partial charge in [0.25, 0.3) is 0 Å². The topological polar surface area (TPSA) is 17.1 Å². The summed E-state index contributed by atoms with van der Waals surface area (Å²) in [6, 6.07) is 0. The maximum absolute atomic E-state index is 14.5. The molecule has 0 bridgehead atoms. The van der Waals surface area contributed by atoms with Crippen LogP contribution >= 0.6 is 0 Å². The Morgan fingerprint density at radius 3 is 2.78 bits per heavy atom. The Morgan fingerprint density at radius 1 is 1.28 bits per heavy atom. The molecule has 0 aliphatic heterocycles. The zero-order chi connectivity index (χ0) is 13.4. The number of hydrogen-bond donors (Lipinski definition) is 0. The van der Waals surface area contributed by atoms with Crippen molar-refractivity contribution in [3.05, 3.63) is 0 Å². The average Bonchev–Trinajstić information content (AvgIpc) is 2.29. The summed E-state index contributed by atoms with van der Waals surface area (Å²) in [5.74, 6) is 5.77. The number of carbonyl (C=O) groups is 1. The quantitative estimate of drug-likeness (QED) is 0.504. The Bertz CT molecular complexity index is 324. The smallest absolute Gasteiger partial charge is 0.228 e. The summed E-state index contributed by atoms with van der Waals surface area (Å²) < 4.78 is 14.5. The largest absolute Gasteiger partial charge is 0.295 e. The first kappa shape index (κ1) is 15.2. The first-order valence-corrected chi connectivity index (χ1v) is 7.27. The van der Waals surface area contributed by atoms with E-state index >= 15 is 0 Å². The van der Waals surface area contributed by atoms with Gasteiger partial charge in [-0.1, -0.05) is 45.0 Å². The maximum atomic E-state index is 14.5. The Labute approximate surface area is 111 Å². The SMILES string of the molecule is CC(C)CCCCC(=O)C1(F)C#CCCCCC1. The lowest BCUT2D eigenvalue weighted by molar-refractivity contribution is -0.127. The van der Waals surface area contributed by atoms with Crippen LogP contribution in [0.15, 0.2) is 0 Å². The molecule has 0 spiro atoms. The van der Waals surface area contributed by atoms with Crippen molar-refractivity contribution in [3.8, 4) is 11.8 Å². The van der Waals surface area contributed by atoms with Crippen LogP contribution in [0.3, 0.4) is 0 Å². The predicted octanol–water partition coefficient (Wildman–Crippen LogP) is 4.45. The van der Waals surface area contributed by atoms with Crippen molar-refractivity contribution in [1.29, 1.82) is 0 Å². The fourth-order valence-corrected chi connectivity index (χ4v) is 2.27. The van der Waals surface area contributed by atoms with E-state index in [9.17, 15) is 9.18 Å². The molecule has 0 saturated heterocycles. The van der Waals surface area contributed by atoms with Gasteiger partial charge in [-0.2, -0.15) is 0 Å². The number of ketones is 1. The minimum atomic E-state index is -1.85. The molecule has 0 saturated carbocycles. The molecule has 2 heteroatoms. The highest BCUT2D eigenvalue weighted by Gasteiger charge is 2.35. The van der Waals surface area contributed by atoms with Gasteiger partial charge in [0, 0.05) is 19.3 Å². The third-order valence-corrected chi connectivity index (χ3v) is 3.49. The fraction of sp³-hybridized carbons (Fsp3) is 0.812. The van der Waals surface area contributed by atoms with E-state index in [-0.39, 0.29) is 5.78 Å². The molecule has 1 rings (SSSR count). The van der Waals surface area contributed by atoms with Crippen LogP contribution in [0.2, 0.25) is 0 Å². The average molecular weight is 252 g/mol. The number of hydrogen-bond acceptors (Lipinski definition) is 1. The summed E-state index contributed by atoms with van der Waals surface area (Å²) in [7, 11) is 0. The van der Waals surface area contributed by atoms with Crippen molar-refractivity contribution in [2.24, 2.45) is 5.92 Å². The van der Waals surface area contributed by atoms with Crippen molar-refractivity contribution in [2.75, 3.05) is 0 Å². The van der Waals surface area contributed by atoms with E-state index in [0.29, 0.717) is 18.8 Å². The first-order valence-electron chi connectivity index (χ1n) is 7.27. The molecule has 1 nitrogen and oxygen atoms in total. The maximum Gasteiger partial charge on any atom is 0.228 e. The van der Waals surface area contributed by atoms with E-state index in [2.05, 4.69) is 25.7 Å². The van der Waals surface area contributed by atoms with Crippen molar-refractivity contribution in [2.45, 2.75) is 77.3 Å². The minimum absolute atomic E-state index is 0.291. The molecule has 1 unspecified atom stereocenters. The molecule has 0 fully saturated rings. The van der Waals surface area contributed by atoms with Gasteiger partial charge in [0.1, 0.15) is 0 Å². The molecule has 0 heterocycles. The Morgan fingerprint density at radius 2 is 2.06 bits per heavy atom. The lowest BCUT2D eigenvalue weighted by atomic mass is 9.89. The molecule has 1 atom stereocenters. The molecule has 0 radical (unpaired) electrons. The van der Waals surface area contributed by atoms with Gasteiger partial charge in [0.2, 0.25) is 5.67 Å². The summed E-state index contributed by atoms with van der Waals surface area (Å²) in [6.07, 6.45) is 7.08. The van der Waals surface area contributed by atoms with Gasteiger partial charge in [0.05, 0.1) is 0 Å². The van der Waals surface area contributed by atoms with Crippen LogP contribution in [0.25, 0.3) is 0 Å². The fourth-order valence-electron chi connectivity index (χ4n) is 2.27. The van der Waals surface area contributed by atoms with Gasteiger partial charge >= 0.3 is 0 Å². The summed E-state index contributed by atoms with van der Waals surface area (Å²) in [5, 5.41) is 0. The molecule has 102 valence electrons. The summed E-state index contributed by atoms with van der Waals surface area (Å²) >= 11 is 0. The summed E-state index contributed by atoms with van der Waals surface area (Å²) in [4.78, 5) is 12.0. The van der Waals surface area contributed by atoms with Crippen LogP contribution in [-0.2, 0) is 4.79 Å². The van der Waals surface area contributed by atoms with Gasteiger partial charge in [0.15, 0.2) is 5.78 Å². The van der Waals surface area contributed by atoms with Crippen LogP contribution in [0.5, 0.6) is 0 Å². The van der Waals surface area contributed by atoms with Crippen LogP contribution in [0.1, 0.15) is 71.6 Å². The molecule has 18 heavy (non-hydrogen) atoms. The zero-order valence-corrected chi connectivity index (χ0v) is 11.7. The van der Waals surface area contributed by atoms with E-state index in [1.165, 1.54) is 0 Å². The van der Waals surface area contributed by atoms with Gasteiger partial charge in [-0.3, -0.25) is 4.79 Å². The second-order valence-electron chi connectivity index (χ2n) is 5.73. The van der Waals surface area contributed by atoms with Crippen molar-refractivity contribution >= 4 is 5.78 Å². The number of Topliss-reactive ketones (excluding diaryl/α,β-unsaturated/α-hetero) is 1. The Hall–Kier alpha value is -0.840. The van der Waals surface area contributed by atoms with Crippen LogP contribution in [0, 0.1) is 17.8 Å². The van der Waals surface area contributed by atoms with Gasteiger partial charge < -0.3 is 0 Å². The van der Waals surface area contributed by atoms with Crippen molar-refractivity contribution < 1.29 is 9.18 Å². The molecule has 0 aromatic heterocycles. The molecular weight excluding hydrogens is 227 g/mol. The molecule has 0 amide bonds. The molecule has 0 N–H and O–H groups in total. The number of halogens is 1. The van der Waals surface area contributed by atoms with Crippen molar-refractivity contribution in [3.63, 3.8) is 0 Å². The first-order chi connectivity index (χ1) is 8.54. The Kier molecular flexibility index (Phi) is 6.39. The summed E-state index contributed by atoms with van der Waals surface area (Å²) in [5.41, 5.74) is -1.85. The standard InChI is InChI=1S/C16H25FO/c1-14(2)10-6-7-11-15(18)16(17)12-8-4-3-5-9-13-16/h14H,3-8,10-12H2,1-2H3. The number of carbonyl (C=O) groups excluding carboxylic acids is 1. The minimum Gasteiger partial charge on any atom is -0.295 e. The number of alkyl halides is 1. The number of unbranched alkanes of at least 4 members (excludes halogenated alkanes) is 1. The second-order valence-corrected chi connectivity index (χ2v) is 5.73. The highest BCUT2D eigenvalue weighted by atomic mass is 19.1. The van der Waals surface area contributed by atoms with Gasteiger partial charge in [-0.05, 0) is 25.2 Å². The summed E-state index contributed by atoms with van der Waals surface area (Å²) in [6.45, 7) is 4.33. The molecule has 1 aliphatic carbocycles. The van der Waals surface area contributed by atoms with Gasteiger partial charge in [-0.25, -0.2) is 4.39 Å². The highest BCUT2D eigenvalue weighted by Crippen LogP contribution is 2.25. The lowest BCUT2D eigenvalue weighted by Crippen LogP contribution is -2.32. The van der Waals surface area contributed by atoms with Gasteiger partial charge in [-0.15, -0.1) is 0 Å². The van der Waals surface area contributed by atoms with E-state index in [1.54, 1.807) is 0 Å². The van der Waals surface area contributed by atoms with Crippen LogP contribution in [0.4, 0.5) is 4.39 Å². The monoisotopic (exact) mass is 252 g/mol. The predicted molar refractivity (Wildman–Crippen MR) is 73.0 cm³/mol. The molecule has 0 aromatic carbocycles. The highest BCUT2D eigenvalue weighted by molar-refractivity contribution is 5.90. The third kappa shape index (κ3) is 5.21. The third-order valence-electron chi connectivity index (χ3n) is 3.49. The number of rotatable bonds is 6. The van der Waals surface area contributed by atoms with E-state index in [4.69, 9.17) is 0 Å². The zero-order valence-electron chi connectivity index (χ0n) is 11.7. The lowest BCUT2D eigenvalue weighted by Gasteiger charge is -2.19. The van der Waals surface area contributed by atoms with E-state index in [0.717, 1.165) is 44.9 Å². The van der Waals surface area contributed by atoms with Crippen LogP contribution in [-0.4, -0.2) is 11.5 Å².